The molecule has 0 radical (unpaired) electrons. The molecule has 1 aromatic rings. The Balaban J connectivity index is 2.07. The van der Waals surface area contributed by atoms with Crippen LogP contribution in [0.3, 0.4) is 0 Å². The maximum atomic E-state index is 12.6. The highest BCUT2D eigenvalue weighted by Gasteiger charge is 2.47. The SMILES string of the molecule is CCOC(=O)C1(OC(=O)Cc2c(C)cccc2C)CCC(OCC(F)(F)F)CC1. The first-order valence-electron chi connectivity index (χ1n) is 9.69. The molecule has 0 spiro atoms. The van der Waals surface area contributed by atoms with Crippen molar-refractivity contribution in [2.75, 3.05) is 13.2 Å². The van der Waals surface area contributed by atoms with Crippen LogP contribution in [0.25, 0.3) is 0 Å². The molecule has 0 atom stereocenters. The van der Waals surface area contributed by atoms with Crippen molar-refractivity contribution < 1.29 is 37.0 Å². The summed E-state index contributed by atoms with van der Waals surface area (Å²) in [4.78, 5) is 25.2. The number of carbonyl (C=O) groups is 2. The van der Waals surface area contributed by atoms with Crippen LogP contribution in [-0.4, -0.2) is 43.0 Å². The fraction of sp³-hybridized carbons (Fsp3) is 0.619. The second-order valence-electron chi connectivity index (χ2n) is 7.36. The van der Waals surface area contributed by atoms with Gasteiger partial charge in [0.2, 0.25) is 5.60 Å². The van der Waals surface area contributed by atoms with Gasteiger partial charge >= 0.3 is 18.1 Å². The molecule has 162 valence electrons. The number of hydrogen-bond donors (Lipinski definition) is 0. The Bertz CT molecular complexity index is 701. The number of ether oxygens (including phenoxy) is 3. The third kappa shape index (κ3) is 6.45. The van der Waals surface area contributed by atoms with E-state index >= 15 is 0 Å². The van der Waals surface area contributed by atoms with Crippen LogP contribution in [0.5, 0.6) is 0 Å². The Morgan fingerprint density at radius 2 is 1.72 bits per heavy atom. The zero-order chi connectivity index (χ0) is 21.7. The van der Waals surface area contributed by atoms with Crippen molar-refractivity contribution in [3.63, 3.8) is 0 Å². The molecule has 2 rings (SSSR count). The fourth-order valence-corrected chi connectivity index (χ4v) is 3.57. The average Bonchev–Trinajstić information content (AvgIpc) is 2.64. The van der Waals surface area contributed by atoms with Crippen LogP contribution in [0.2, 0.25) is 0 Å². The quantitative estimate of drug-likeness (QED) is 0.623. The Morgan fingerprint density at radius 1 is 1.14 bits per heavy atom. The summed E-state index contributed by atoms with van der Waals surface area (Å²) in [5.41, 5.74) is 1.23. The number of alkyl halides is 3. The molecule has 1 fully saturated rings. The predicted octanol–water partition coefficient (Wildman–Crippen LogP) is 4.21. The summed E-state index contributed by atoms with van der Waals surface area (Å²) in [5, 5.41) is 0. The fourth-order valence-electron chi connectivity index (χ4n) is 3.57. The van der Waals surface area contributed by atoms with E-state index in [4.69, 9.17) is 14.2 Å². The van der Waals surface area contributed by atoms with Gasteiger partial charge in [-0.3, -0.25) is 4.79 Å². The predicted molar refractivity (Wildman–Crippen MR) is 99.3 cm³/mol. The van der Waals surface area contributed by atoms with Crippen molar-refractivity contribution in [1.29, 1.82) is 0 Å². The van der Waals surface area contributed by atoms with Gasteiger partial charge in [0.25, 0.3) is 0 Å². The van der Waals surface area contributed by atoms with Gasteiger partial charge in [-0.2, -0.15) is 13.2 Å². The molecule has 0 saturated heterocycles. The summed E-state index contributed by atoms with van der Waals surface area (Å²) >= 11 is 0. The molecule has 0 unspecified atom stereocenters. The lowest BCUT2D eigenvalue weighted by atomic mass is 9.83. The summed E-state index contributed by atoms with van der Waals surface area (Å²) < 4.78 is 52.7. The van der Waals surface area contributed by atoms with E-state index in [1.54, 1.807) is 6.92 Å². The second kappa shape index (κ2) is 9.61. The van der Waals surface area contributed by atoms with Crippen LogP contribution in [0.4, 0.5) is 13.2 Å². The van der Waals surface area contributed by atoms with Gasteiger partial charge in [-0.1, -0.05) is 18.2 Å². The largest absolute Gasteiger partial charge is 0.463 e. The standard InChI is InChI=1S/C21H27F3O5/c1-4-27-19(26)20(10-8-16(9-11-20)28-13-21(22,23)24)29-18(25)12-17-14(2)6-5-7-15(17)3/h5-7,16H,4,8-13H2,1-3H3. The van der Waals surface area contributed by atoms with E-state index < -0.39 is 36.4 Å². The van der Waals surface area contributed by atoms with Gasteiger partial charge in [0.1, 0.15) is 6.61 Å². The molecule has 0 N–H and O–H groups in total. The van der Waals surface area contributed by atoms with Crippen LogP contribution in [0.1, 0.15) is 49.3 Å². The Hall–Kier alpha value is -2.09. The van der Waals surface area contributed by atoms with Crippen LogP contribution in [-0.2, 0) is 30.2 Å². The molecule has 5 nitrogen and oxygen atoms in total. The molecule has 0 aliphatic heterocycles. The van der Waals surface area contributed by atoms with Crippen LogP contribution in [0, 0.1) is 13.8 Å². The summed E-state index contributed by atoms with van der Waals surface area (Å²) in [6.07, 6.45) is -4.57. The first kappa shape index (κ1) is 23.2. The molecule has 8 heteroatoms. The molecule has 0 aromatic heterocycles. The first-order valence-corrected chi connectivity index (χ1v) is 9.69. The van der Waals surface area contributed by atoms with Crippen molar-refractivity contribution in [3.8, 4) is 0 Å². The van der Waals surface area contributed by atoms with Crippen molar-refractivity contribution in [2.24, 2.45) is 0 Å². The van der Waals surface area contributed by atoms with Gasteiger partial charge in [-0.25, -0.2) is 4.79 Å². The molecule has 1 saturated carbocycles. The lowest BCUT2D eigenvalue weighted by Gasteiger charge is -2.37. The highest BCUT2D eigenvalue weighted by Crippen LogP contribution is 2.35. The molecular weight excluding hydrogens is 389 g/mol. The number of esters is 2. The normalized spacial score (nSPS) is 22.2. The van der Waals surface area contributed by atoms with Crippen LogP contribution < -0.4 is 0 Å². The molecule has 0 heterocycles. The Morgan fingerprint density at radius 3 is 2.24 bits per heavy atom. The van der Waals surface area contributed by atoms with E-state index in [2.05, 4.69) is 0 Å². The van der Waals surface area contributed by atoms with Crippen LogP contribution >= 0.6 is 0 Å². The van der Waals surface area contributed by atoms with Gasteiger partial charge in [0.05, 0.1) is 19.1 Å². The van der Waals surface area contributed by atoms with Gasteiger partial charge in [0.15, 0.2) is 0 Å². The first-order chi connectivity index (χ1) is 13.6. The lowest BCUT2D eigenvalue weighted by molar-refractivity contribution is -0.202. The number of benzene rings is 1. The van der Waals surface area contributed by atoms with E-state index in [1.165, 1.54) is 0 Å². The van der Waals surface area contributed by atoms with Gasteiger partial charge in [0, 0.05) is 12.8 Å². The molecule has 29 heavy (non-hydrogen) atoms. The van der Waals surface area contributed by atoms with Gasteiger partial charge in [-0.05, 0) is 50.3 Å². The van der Waals surface area contributed by atoms with Crippen molar-refractivity contribution in [1.82, 2.24) is 0 Å². The summed E-state index contributed by atoms with van der Waals surface area (Å²) in [5.74, 6) is -1.23. The molecule has 1 aromatic carbocycles. The minimum Gasteiger partial charge on any atom is -0.463 e. The van der Waals surface area contributed by atoms with Crippen molar-refractivity contribution >= 4 is 11.9 Å². The van der Waals surface area contributed by atoms with Crippen molar-refractivity contribution in [2.45, 2.75) is 70.8 Å². The van der Waals surface area contributed by atoms with E-state index in [0.717, 1.165) is 16.7 Å². The van der Waals surface area contributed by atoms with Gasteiger partial charge in [-0.15, -0.1) is 0 Å². The minimum atomic E-state index is -4.41. The molecule has 1 aliphatic carbocycles. The van der Waals surface area contributed by atoms with E-state index in [9.17, 15) is 22.8 Å². The average molecular weight is 416 g/mol. The summed E-state index contributed by atoms with van der Waals surface area (Å²) in [6.45, 7) is 4.20. The Labute approximate surface area is 168 Å². The highest BCUT2D eigenvalue weighted by atomic mass is 19.4. The molecular formula is C21H27F3O5. The lowest BCUT2D eigenvalue weighted by Crippen LogP contribution is -2.49. The van der Waals surface area contributed by atoms with E-state index in [0.29, 0.717) is 0 Å². The third-order valence-electron chi connectivity index (χ3n) is 5.15. The molecule has 0 amide bonds. The monoisotopic (exact) mass is 416 g/mol. The third-order valence-corrected chi connectivity index (χ3v) is 5.15. The zero-order valence-electron chi connectivity index (χ0n) is 16.9. The van der Waals surface area contributed by atoms with Crippen LogP contribution in [0.15, 0.2) is 18.2 Å². The van der Waals surface area contributed by atoms with E-state index in [-0.39, 0.29) is 38.7 Å². The number of aryl methyl sites for hydroxylation is 2. The van der Waals surface area contributed by atoms with Crippen molar-refractivity contribution in [3.05, 3.63) is 34.9 Å². The maximum absolute atomic E-state index is 12.6. The zero-order valence-corrected chi connectivity index (χ0v) is 16.9. The number of halogens is 3. The Kier molecular flexibility index (Phi) is 7.68. The molecule has 0 bridgehead atoms. The smallest absolute Gasteiger partial charge is 0.411 e. The minimum absolute atomic E-state index is 0.00760. The summed E-state index contributed by atoms with van der Waals surface area (Å²) in [7, 11) is 0. The van der Waals surface area contributed by atoms with E-state index in [1.807, 2.05) is 32.0 Å². The van der Waals surface area contributed by atoms with Gasteiger partial charge < -0.3 is 14.2 Å². The number of hydrogen-bond acceptors (Lipinski definition) is 5. The topological polar surface area (TPSA) is 61.8 Å². The molecule has 1 aliphatic rings. The second-order valence-corrected chi connectivity index (χ2v) is 7.36. The highest BCUT2D eigenvalue weighted by molar-refractivity contribution is 5.84. The summed E-state index contributed by atoms with van der Waals surface area (Å²) in [6, 6.07) is 5.67. The maximum Gasteiger partial charge on any atom is 0.411 e. The number of carbonyl (C=O) groups excluding carboxylic acids is 2. The number of rotatable bonds is 7.